The van der Waals surface area contributed by atoms with Crippen molar-refractivity contribution in [2.45, 2.75) is 38.3 Å². The van der Waals surface area contributed by atoms with E-state index in [4.69, 9.17) is 4.74 Å². The summed E-state index contributed by atoms with van der Waals surface area (Å²) in [5.41, 5.74) is 2.30. The molecule has 2 aliphatic rings. The van der Waals surface area contributed by atoms with E-state index in [-0.39, 0.29) is 5.91 Å². The number of carbonyl (C=O) groups is 2. The van der Waals surface area contributed by atoms with Crippen molar-refractivity contribution in [3.05, 3.63) is 71.8 Å². The van der Waals surface area contributed by atoms with E-state index in [1.807, 2.05) is 54.6 Å². The van der Waals surface area contributed by atoms with Gasteiger partial charge in [-0.25, -0.2) is 4.79 Å². The summed E-state index contributed by atoms with van der Waals surface area (Å²) in [6, 6.07) is 17.6. The molecule has 0 N–H and O–H groups in total. The molecule has 132 valence electrons. The molecule has 0 saturated heterocycles. The van der Waals surface area contributed by atoms with Gasteiger partial charge in [-0.2, -0.15) is 0 Å². The summed E-state index contributed by atoms with van der Waals surface area (Å²) in [5.74, 6) is -0.577. The number of nitrogens with zero attached hydrogens (tertiary/aromatic N) is 1. The standard InChI is InChI=1S/C22H21NO3/c1-2-3-13-22-18(14-20(24)26-22)17-11-7-8-12-19(17)23(21(22)25)15-16-9-5-4-6-10-16/h4-12,14H,2-3,13,15H2,1H3. The molecule has 0 aliphatic carbocycles. The Morgan fingerprint density at radius 1 is 1.00 bits per heavy atom. The van der Waals surface area contributed by atoms with Gasteiger partial charge in [0.1, 0.15) is 0 Å². The lowest BCUT2D eigenvalue weighted by Crippen LogP contribution is -2.53. The van der Waals surface area contributed by atoms with Gasteiger partial charge < -0.3 is 9.64 Å². The van der Waals surface area contributed by atoms with Crippen LogP contribution in [0.3, 0.4) is 0 Å². The van der Waals surface area contributed by atoms with Crippen LogP contribution in [0, 0.1) is 0 Å². The molecular formula is C22H21NO3. The number of amides is 1. The highest BCUT2D eigenvalue weighted by atomic mass is 16.6. The van der Waals surface area contributed by atoms with Crippen molar-refractivity contribution in [3.63, 3.8) is 0 Å². The van der Waals surface area contributed by atoms with Crippen molar-refractivity contribution < 1.29 is 14.3 Å². The number of benzene rings is 2. The van der Waals surface area contributed by atoms with Crippen molar-refractivity contribution in [3.8, 4) is 0 Å². The lowest BCUT2D eigenvalue weighted by molar-refractivity contribution is -0.154. The van der Waals surface area contributed by atoms with Crippen molar-refractivity contribution in [1.29, 1.82) is 0 Å². The molecule has 2 aromatic rings. The first-order valence-electron chi connectivity index (χ1n) is 9.06. The second-order valence-electron chi connectivity index (χ2n) is 6.80. The smallest absolute Gasteiger partial charge is 0.332 e. The van der Waals surface area contributed by atoms with Crippen LogP contribution in [0.4, 0.5) is 5.69 Å². The van der Waals surface area contributed by atoms with Crippen LogP contribution in [0.25, 0.3) is 5.57 Å². The van der Waals surface area contributed by atoms with Gasteiger partial charge in [0.05, 0.1) is 12.2 Å². The number of unbranched alkanes of at least 4 members (excludes halogenated alkanes) is 1. The zero-order valence-electron chi connectivity index (χ0n) is 14.8. The highest BCUT2D eigenvalue weighted by molar-refractivity contribution is 6.20. The maximum Gasteiger partial charge on any atom is 0.332 e. The van der Waals surface area contributed by atoms with E-state index in [1.165, 1.54) is 6.08 Å². The summed E-state index contributed by atoms with van der Waals surface area (Å²) in [4.78, 5) is 27.4. The van der Waals surface area contributed by atoms with Crippen molar-refractivity contribution in [2.75, 3.05) is 4.90 Å². The number of fused-ring (bicyclic) bond motifs is 3. The van der Waals surface area contributed by atoms with Gasteiger partial charge in [0.25, 0.3) is 5.91 Å². The number of para-hydroxylation sites is 1. The van der Waals surface area contributed by atoms with Crippen molar-refractivity contribution >= 4 is 23.1 Å². The Labute approximate surface area is 153 Å². The van der Waals surface area contributed by atoms with Gasteiger partial charge in [0.2, 0.25) is 5.60 Å². The Hall–Kier alpha value is -2.88. The fourth-order valence-corrected chi connectivity index (χ4v) is 3.85. The molecule has 1 amide bonds. The van der Waals surface area contributed by atoms with Crippen LogP contribution in [0.5, 0.6) is 0 Å². The summed E-state index contributed by atoms with van der Waals surface area (Å²) in [7, 11) is 0. The minimum absolute atomic E-state index is 0.148. The van der Waals surface area contributed by atoms with E-state index in [1.54, 1.807) is 4.90 Å². The Balaban J connectivity index is 1.83. The molecule has 0 radical (unpaired) electrons. The Morgan fingerprint density at radius 2 is 1.73 bits per heavy atom. The van der Waals surface area contributed by atoms with E-state index >= 15 is 0 Å². The lowest BCUT2D eigenvalue weighted by Gasteiger charge is -2.41. The number of esters is 1. The summed E-state index contributed by atoms with van der Waals surface area (Å²) in [6.07, 6.45) is 3.75. The maximum atomic E-state index is 13.6. The van der Waals surface area contributed by atoms with E-state index in [0.717, 1.165) is 29.7 Å². The average molecular weight is 347 g/mol. The van der Waals surface area contributed by atoms with Crippen LogP contribution >= 0.6 is 0 Å². The van der Waals surface area contributed by atoms with Gasteiger partial charge in [0.15, 0.2) is 0 Å². The van der Waals surface area contributed by atoms with Gasteiger partial charge in [-0.05, 0) is 18.1 Å². The molecule has 26 heavy (non-hydrogen) atoms. The quantitative estimate of drug-likeness (QED) is 0.765. The van der Waals surface area contributed by atoms with E-state index in [9.17, 15) is 9.59 Å². The molecule has 4 rings (SSSR count). The highest BCUT2D eigenvalue weighted by Gasteiger charge is 2.55. The summed E-state index contributed by atoms with van der Waals surface area (Å²) >= 11 is 0. The van der Waals surface area contributed by atoms with Crippen LogP contribution in [-0.2, 0) is 20.9 Å². The molecule has 0 aromatic heterocycles. The molecule has 2 heterocycles. The van der Waals surface area contributed by atoms with Crippen LogP contribution in [0.15, 0.2) is 60.7 Å². The summed E-state index contributed by atoms with van der Waals surface area (Å²) in [5, 5.41) is 0. The van der Waals surface area contributed by atoms with Gasteiger partial charge in [-0.3, -0.25) is 4.79 Å². The maximum absolute atomic E-state index is 13.6. The minimum atomic E-state index is -1.18. The minimum Gasteiger partial charge on any atom is -0.441 e. The lowest BCUT2D eigenvalue weighted by atomic mass is 9.79. The molecular weight excluding hydrogens is 326 g/mol. The first kappa shape index (κ1) is 16.6. The van der Waals surface area contributed by atoms with E-state index in [2.05, 4.69) is 6.92 Å². The largest absolute Gasteiger partial charge is 0.441 e. The van der Waals surface area contributed by atoms with Gasteiger partial charge in [0, 0.05) is 23.6 Å². The number of hydrogen-bond acceptors (Lipinski definition) is 3. The molecule has 4 heteroatoms. The molecule has 1 atom stereocenters. The number of ether oxygens (including phenoxy) is 1. The summed E-state index contributed by atoms with van der Waals surface area (Å²) in [6.45, 7) is 2.52. The fraction of sp³-hybridized carbons (Fsp3) is 0.273. The fourth-order valence-electron chi connectivity index (χ4n) is 3.85. The van der Waals surface area contributed by atoms with Gasteiger partial charge in [-0.15, -0.1) is 0 Å². The van der Waals surface area contributed by atoms with Crippen LogP contribution in [-0.4, -0.2) is 17.5 Å². The van der Waals surface area contributed by atoms with E-state index in [0.29, 0.717) is 18.5 Å². The molecule has 0 saturated carbocycles. The molecule has 0 fully saturated rings. The van der Waals surface area contributed by atoms with Crippen LogP contribution in [0.1, 0.15) is 37.3 Å². The zero-order valence-corrected chi connectivity index (χ0v) is 14.8. The monoisotopic (exact) mass is 347 g/mol. The van der Waals surface area contributed by atoms with Crippen molar-refractivity contribution in [1.82, 2.24) is 0 Å². The Bertz CT molecular complexity index is 887. The molecule has 4 nitrogen and oxygen atoms in total. The SMILES string of the molecule is CCCCC12OC(=O)C=C1c1ccccc1N(Cc1ccccc1)C2=O. The van der Waals surface area contributed by atoms with E-state index < -0.39 is 11.6 Å². The number of rotatable bonds is 5. The summed E-state index contributed by atoms with van der Waals surface area (Å²) < 4.78 is 5.67. The third kappa shape index (κ3) is 2.53. The third-order valence-corrected chi connectivity index (χ3v) is 5.11. The normalized spacial score (nSPS) is 21.1. The molecule has 2 aromatic carbocycles. The van der Waals surface area contributed by atoms with Gasteiger partial charge >= 0.3 is 5.97 Å². The third-order valence-electron chi connectivity index (χ3n) is 5.11. The zero-order chi connectivity index (χ0) is 18.1. The van der Waals surface area contributed by atoms with Crippen LogP contribution in [0.2, 0.25) is 0 Å². The Morgan fingerprint density at radius 3 is 2.50 bits per heavy atom. The van der Waals surface area contributed by atoms with Gasteiger partial charge in [-0.1, -0.05) is 61.9 Å². The molecule has 1 unspecified atom stereocenters. The van der Waals surface area contributed by atoms with Crippen molar-refractivity contribution in [2.24, 2.45) is 0 Å². The highest BCUT2D eigenvalue weighted by Crippen LogP contribution is 2.48. The second kappa shape index (κ2) is 6.45. The molecule has 0 spiro atoms. The average Bonchev–Trinajstić information content (AvgIpc) is 3.02. The number of anilines is 1. The van der Waals surface area contributed by atoms with Crippen LogP contribution < -0.4 is 4.90 Å². The first-order chi connectivity index (χ1) is 12.7. The topological polar surface area (TPSA) is 46.6 Å². The number of carbonyl (C=O) groups excluding carboxylic acids is 2. The molecule has 2 aliphatic heterocycles. The predicted molar refractivity (Wildman–Crippen MR) is 100 cm³/mol. The first-order valence-corrected chi connectivity index (χ1v) is 9.06. The second-order valence-corrected chi connectivity index (χ2v) is 6.80. The predicted octanol–water partition coefficient (Wildman–Crippen LogP) is 4.10. The Kier molecular flexibility index (Phi) is 4.11. The number of hydrogen-bond donors (Lipinski definition) is 0. The molecule has 0 bridgehead atoms.